The van der Waals surface area contributed by atoms with Crippen LogP contribution < -0.4 is 20.7 Å². The van der Waals surface area contributed by atoms with E-state index in [2.05, 4.69) is 20.9 Å². The molecule has 4 rings (SSSR count). The summed E-state index contributed by atoms with van der Waals surface area (Å²) >= 11 is 2.73. The van der Waals surface area contributed by atoms with Crippen LogP contribution in [0.5, 0.6) is 5.75 Å². The second-order valence-electron chi connectivity index (χ2n) is 8.03. The Kier molecular flexibility index (Phi) is 9.87. The minimum Gasteiger partial charge on any atom is -0.494 e. The third-order valence-corrected chi connectivity index (χ3v) is 6.89. The van der Waals surface area contributed by atoms with Gasteiger partial charge in [0.05, 0.1) is 12.4 Å². The van der Waals surface area contributed by atoms with Crippen LogP contribution in [0.3, 0.4) is 0 Å². The van der Waals surface area contributed by atoms with E-state index in [4.69, 9.17) is 4.74 Å². The maximum Gasteiger partial charge on any atom is 0.272 e. The summed E-state index contributed by atoms with van der Waals surface area (Å²) < 4.78 is 5.48. The van der Waals surface area contributed by atoms with Gasteiger partial charge in [-0.25, -0.2) is 4.98 Å². The van der Waals surface area contributed by atoms with Crippen molar-refractivity contribution in [3.63, 3.8) is 0 Å². The fraction of sp³-hybridized carbons (Fsp3) is 0.103. The Balaban J connectivity index is 1.43. The van der Waals surface area contributed by atoms with Gasteiger partial charge in [0.2, 0.25) is 5.91 Å². The number of thiazole rings is 1. The summed E-state index contributed by atoms with van der Waals surface area (Å²) in [5.74, 6) is -0.0774. The van der Waals surface area contributed by atoms with Crippen molar-refractivity contribution >= 4 is 57.7 Å². The lowest BCUT2D eigenvalue weighted by atomic mass is 10.1. The van der Waals surface area contributed by atoms with Crippen LogP contribution in [0.1, 0.15) is 22.8 Å². The lowest BCUT2D eigenvalue weighted by molar-refractivity contribution is -0.114. The first kappa shape index (κ1) is 27.6. The molecule has 0 spiro atoms. The van der Waals surface area contributed by atoms with Crippen LogP contribution >= 0.6 is 23.1 Å². The maximum atomic E-state index is 13.2. The van der Waals surface area contributed by atoms with Crippen molar-refractivity contribution < 1.29 is 19.1 Å². The van der Waals surface area contributed by atoms with Crippen LogP contribution in [0, 0.1) is 0 Å². The SMILES string of the molecule is CCOc1ccc(/C=C(\NC(=O)c2ccccc2)C(=O)Nc2ccc(SCC(=O)Nc3nccs3)cc2)cc1. The summed E-state index contributed by atoms with van der Waals surface area (Å²) in [5, 5.41) is 10.7. The zero-order valence-electron chi connectivity index (χ0n) is 21.0. The van der Waals surface area contributed by atoms with E-state index in [9.17, 15) is 14.4 Å². The van der Waals surface area contributed by atoms with Crippen LogP contribution in [0.4, 0.5) is 10.8 Å². The Labute approximate surface area is 234 Å². The zero-order valence-corrected chi connectivity index (χ0v) is 22.7. The minimum atomic E-state index is -0.476. The molecule has 8 nitrogen and oxygen atoms in total. The van der Waals surface area contributed by atoms with E-state index in [1.165, 1.54) is 23.1 Å². The van der Waals surface area contributed by atoms with Gasteiger partial charge in [-0.1, -0.05) is 30.3 Å². The molecule has 0 radical (unpaired) electrons. The van der Waals surface area contributed by atoms with E-state index in [-0.39, 0.29) is 17.4 Å². The highest BCUT2D eigenvalue weighted by atomic mass is 32.2. The standard InChI is InChI=1S/C29H26N4O4S2/c1-2-37-23-12-8-20(9-13-23)18-25(32-27(35)21-6-4-3-5-7-21)28(36)31-22-10-14-24(15-11-22)39-19-26(34)33-29-30-16-17-38-29/h3-18H,2,19H2,1H3,(H,31,36)(H,32,35)(H,30,33,34)/b25-18-. The van der Waals surface area contributed by atoms with E-state index >= 15 is 0 Å². The zero-order chi connectivity index (χ0) is 27.5. The molecular weight excluding hydrogens is 532 g/mol. The van der Waals surface area contributed by atoms with Gasteiger partial charge in [-0.3, -0.25) is 14.4 Å². The van der Waals surface area contributed by atoms with Gasteiger partial charge in [-0.2, -0.15) is 0 Å². The topological polar surface area (TPSA) is 109 Å². The monoisotopic (exact) mass is 558 g/mol. The first-order valence-electron chi connectivity index (χ1n) is 12.0. The molecule has 0 aliphatic rings. The van der Waals surface area contributed by atoms with Gasteiger partial charge in [0.15, 0.2) is 5.13 Å². The van der Waals surface area contributed by atoms with E-state index < -0.39 is 11.8 Å². The average molecular weight is 559 g/mol. The number of amides is 3. The highest BCUT2D eigenvalue weighted by Gasteiger charge is 2.15. The van der Waals surface area contributed by atoms with Crippen LogP contribution in [-0.2, 0) is 9.59 Å². The second-order valence-corrected chi connectivity index (χ2v) is 9.98. The van der Waals surface area contributed by atoms with Crippen molar-refractivity contribution in [2.75, 3.05) is 23.0 Å². The third-order valence-electron chi connectivity index (χ3n) is 5.19. The number of carbonyl (C=O) groups excluding carboxylic acids is 3. The van der Waals surface area contributed by atoms with Gasteiger partial charge in [0.1, 0.15) is 11.4 Å². The number of rotatable bonds is 11. The maximum absolute atomic E-state index is 13.2. The molecule has 39 heavy (non-hydrogen) atoms. The number of nitrogens with zero attached hydrogens (tertiary/aromatic N) is 1. The second kappa shape index (κ2) is 13.9. The molecule has 0 bridgehead atoms. The summed E-state index contributed by atoms with van der Waals surface area (Å²) in [4.78, 5) is 43.0. The molecule has 0 unspecified atom stereocenters. The molecule has 0 aliphatic heterocycles. The Morgan fingerprint density at radius 2 is 1.69 bits per heavy atom. The van der Waals surface area contributed by atoms with Gasteiger partial charge in [-0.05, 0) is 67.1 Å². The average Bonchev–Trinajstić information content (AvgIpc) is 3.47. The molecule has 0 aliphatic carbocycles. The van der Waals surface area contributed by atoms with E-state index in [0.29, 0.717) is 28.7 Å². The molecule has 0 atom stereocenters. The molecule has 1 aromatic heterocycles. The van der Waals surface area contributed by atoms with E-state index in [1.807, 2.05) is 37.3 Å². The number of ether oxygens (including phenoxy) is 1. The fourth-order valence-corrected chi connectivity index (χ4v) is 4.60. The number of thioether (sulfide) groups is 1. The molecule has 1 heterocycles. The fourth-order valence-electron chi connectivity index (χ4n) is 3.36. The summed E-state index contributed by atoms with van der Waals surface area (Å²) in [5.41, 5.74) is 1.79. The van der Waals surface area contributed by atoms with Crippen molar-refractivity contribution in [1.82, 2.24) is 10.3 Å². The van der Waals surface area contributed by atoms with E-state index in [1.54, 1.807) is 66.2 Å². The van der Waals surface area contributed by atoms with Crippen LogP contribution in [-0.4, -0.2) is 35.1 Å². The van der Waals surface area contributed by atoms with Gasteiger partial charge >= 0.3 is 0 Å². The molecule has 4 aromatic rings. The Bertz CT molecular complexity index is 1420. The van der Waals surface area contributed by atoms with Crippen molar-refractivity contribution in [3.05, 3.63) is 107 Å². The van der Waals surface area contributed by atoms with Crippen LogP contribution in [0.15, 0.2) is 101 Å². The van der Waals surface area contributed by atoms with Crippen molar-refractivity contribution in [3.8, 4) is 5.75 Å². The number of hydrogen-bond acceptors (Lipinski definition) is 7. The van der Waals surface area contributed by atoms with Gasteiger partial charge in [0, 0.05) is 27.7 Å². The highest BCUT2D eigenvalue weighted by molar-refractivity contribution is 8.00. The summed E-state index contributed by atoms with van der Waals surface area (Å²) in [7, 11) is 0. The first-order valence-corrected chi connectivity index (χ1v) is 13.9. The summed E-state index contributed by atoms with van der Waals surface area (Å²) in [6, 6.07) is 23.0. The van der Waals surface area contributed by atoms with Crippen LogP contribution in [0.2, 0.25) is 0 Å². The Morgan fingerprint density at radius 1 is 0.949 bits per heavy atom. The number of carbonyl (C=O) groups is 3. The number of aromatic nitrogens is 1. The lowest BCUT2D eigenvalue weighted by Crippen LogP contribution is -2.30. The highest BCUT2D eigenvalue weighted by Crippen LogP contribution is 2.22. The Morgan fingerprint density at radius 3 is 2.36 bits per heavy atom. The predicted octanol–water partition coefficient (Wildman–Crippen LogP) is 5.68. The minimum absolute atomic E-state index is 0.0883. The molecular formula is C29H26N4O4S2. The molecule has 3 amide bonds. The largest absolute Gasteiger partial charge is 0.494 e. The molecule has 3 aromatic carbocycles. The van der Waals surface area contributed by atoms with Gasteiger partial charge in [-0.15, -0.1) is 23.1 Å². The van der Waals surface area contributed by atoms with Crippen LogP contribution in [0.25, 0.3) is 6.08 Å². The number of anilines is 2. The third kappa shape index (κ3) is 8.56. The van der Waals surface area contributed by atoms with Crippen molar-refractivity contribution in [2.45, 2.75) is 11.8 Å². The molecule has 3 N–H and O–H groups in total. The lowest BCUT2D eigenvalue weighted by Gasteiger charge is -2.12. The normalized spacial score (nSPS) is 10.9. The molecule has 0 saturated carbocycles. The molecule has 198 valence electrons. The Hall–Kier alpha value is -4.41. The molecule has 10 heteroatoms. The van der Waals surface area contributed by atoms with Crippen molar-refractivity contribution in [2.24, 2.45) is 0 Å². The predicted molar refractivity (Wildman–Crippen MR) is 156 cm³/mol. The molecule has 0 fully saturated rings. The number of nitrogens with one attached hydrogen (secondary N) is 3. The molecule has 0 saturated heterocycles. The van der Waals surface area contributed by atoms with E-state index in [0.717, 1.165) is 10.5 Å². The van der Waals surface area contributed by atoms with Gasteiger partial charge in [0.25, 0.3) is 11.8 Å². The number of benzene rings is 3. The first-order chi connectivity index (χ1) is 19.0. The van der Waals surface area contributed by atoms with Gasteiger partial charge < -0.3 is 20.7 Å². The summed E-state index contributed by atoms with van der Waals surface area (Å²) in [6.45, 7) is 2.45. The number of hydrogen-bond donors (Lipinski definition) is 3. The summed E-state index contributed by atoms with van der Waals surface area (Å²) in [6.07, 6.45) is 3.24. The van der Waals surface area contributed by atoms with Crippen molar-refractivity contribution in [1.29, 1.82) is 0 Å². The quantitative estimate of drug-likeness (QED) is 0.161. The smallest absolute Gasteiger partial charge is 0.272 e.